The third-order valence-corrected chi connectivity index (χ3v) is 3.42. The largest absolute Gasteiger partial charge is 0.334 e. The number of aryl methyl sites for hydroxylation is 3. The van der Waals surface area contributed by atoms with E-state index in [4.69, 9.17) is 11.6 Å². The van der Waals surface area contributed by atoms with Gasteiger partial charge in [-0.25, -0.2) is 0 Å². The van der Waals surface area contributed by atoms with Gasteiger partial charge in [-0.2, -0.15) is 0 Å². The summed E-state index contributed by atoms with van der Waals surface area (Å²) in [6.07, 6.45) is 0.819. The highest BCUT2D eigenvalue weighted by Gasteiger charge is 2.14. The van der Waals surface area contributed by atoms with Crippen molar-refractivity contribution in [1.82, 2.24) is 4.57 Å². The second-order valence-corrected chi connectivity index (χ2v) is 4.14. The second kappa shape index (κ2) is 3.38. The number of nitrogens with zero attached hydrogens (tertiary/aromatic N) is 1. The molecule has 1 heterocycles. The summed E-state index contributed by atoms with van der Waals surface area (Å²) in [7, 11) is 1.88. The van der Waals surface area contributed by atoms with Crippen LogP contribution in [-0.2, 0) is 7.05 Å². The molecule has 1 aromatic carbocycles. The van der Waals surface area contributed by atoms with Crippen LogP contribution in [0.25, 0.3) is 10.9 Å². The predicted octanol–water partition coefficient (Wildman–Crippen LogP) is 3.26. The molecule has 3 heteroatoms. The zero-order valence-electron chi connectivity index (χ0n) is 8.97. The van der Waals surface area contributed by atoms with Crippen molar-refractivity contribution in [3.63, 3.8) is 0 Å². The minimum absolute atomic E-state index is 0.508. The van der Waals surface area contributed by atoms with Gasteiger partial charge >= 0.3 is 0 Å². The maximum absolute atomic E-state index is 11.0. The average Bonchev–Trinajstić information content (AvgIpc) is 2.46. The van der Waals surface area contributed by atoms with Gasteiger partial charge in [0, 0.05) is 12.4 Å². The van der Waals surface area contributed by atoms with E-state index in [1.807, 2.05) is 30.7 Å². The number of hydrogen-bond acceptors (Lipinski definition) is 1. The van der Waals surface area contributed by atoms with Gasteiger partial charge in [-0.1, -0.05) is 23.7 Å². The zero-order chi connectivity index (χ0) is 11.2. The monoisotopic (exact) mass is 221 g/mol. The van der Waals surface area contributed by atoms with E-state index in [2.05, 4.69) is 6.92 Å². The number of carbonyl (C=O) groups is 1. The first kappa shape index (κ1) is 10.2. The van der Waals surface area contributed by atoms with Crippen LogP contribution >= 0.6 is 11.6 Å². The van der Waals surface area contributed by atoms with Crippen LogP contribution in [0.3, 0.4) is 0 Å². The zero-order valence-corrected chi connectivity index (χ0v) is 9.72. The minimum Gasteiger partial charge on any atom is -0.334 e. The Morgan fingerprint density at radius 2 is 2.00 bits per heavy atom. The van der Waals surface area contributed by atoms with Gasteiger partial charge in [0.2, 0.25) is 0 Å². The molecule has 0 saturated heterocycles. The second-order valence-electron chi connectivity index (χ2n) is 3.78. The molecular formula is C12H12ClNO. The highest BCUT2D eigenvalue weighted by atomic mass is 35.5. The Labute approximate surface area is 93.5 Å². The highest BCUT2D eigenvalue weighted by molar-refractivity contribution is 6.34. The first-order valence-corrected chi connectivity index (χ1v) is 5.15. The van der Waals surface area contributed by atoms with E-state index in [-0.39, 0.29) is 0 Å². The molecule has 0 N–H and O–H groups in total. The number of aromatic nitrogens is 1. The fraction of sp³-hybridized carbons (Fsp3) is 0.250. The smallest absolute Gasteiger partial charge is 0.153 e. The fourth-order valence-corrected chi connectivity index (χ4v) is 2.18. The topological polar surface area (TPSA) is 22.0 Å². The van der Waals surface area contributed by atoms with E-state index in [1.165, 1.54) is 11.1 Å². The van der Waals surface area contributed by atoms with Crippen molar-refractivity contribution >= 4 is 28.8 Å². The third kappa shape index (κ3) is 1.29. The molecule has 2 rings (SSSR count). The maximum atomic E-state index is 11.0. The molecule has 15 heavy (non-hydrogen) atoms. The molecule has 0 atom stereocenters. The summed E-state index contributed by atoms with van der Waals surface area (Å²) < 4.78 is 1.86. The number of fused-ring (bicyclic) bond motifs is 1. The van der Waals surface area contributed by atoms with E-state index >= 15 is 0 Å². The first-order chi connectivity index (χ1) is 7.07. The summed E-state index contributed by atoms with van der Waals surface area (Å²) in [5.41, 5.74) is 4.00. The normalized spacial score (nSPS) is 10.9. The van der Waals surface area contributed by atoms with Crippen LogP contribution in [0, 0.1) is 13.8 Å². The Hall–Kier alpha value is -1.28. The van der Waals surface area contributed by atoms with Gasteiger partial charge in [-0.15, -0.1) is 0 Å². The summed E-state index contributed by atoms with van der Waals surface area (Å²) in [6.45, 7) is 4.10. The van der Waals surface area contributed by atoms with E-state index in [1.54, 1.807) is 0 Å². The summed E-state index contributed by atoms with van der Waals surface area (Å²) in [6, 6.07) is 3.97. The molecule has 0 radical (unpaired) electrons. The third-order valence-electron chi connectivity index (χ3n) is 2.96. The number of rotatable bonds is 1. The van der Waals surface area contributed by atoms with Gasteiger partial charge in [0.15, 0.2) is 6.29 Å². The summed E-state index contributed by atoms with van der Waals surface area (Å²) in [4.78, 5) is 11.0. The van der Waals surface area contributed by atoms with Crippen molar-refractivity contribution in [3.8, 4) is 0 Å². The molecule has 78 valence electrons. The summed E-state index contributed by atoms with van der Waals surface area (Å²) in [5, 5.41) is 1.44. The van der Waals surface area contributed by atoms with Crippen LogP contribution in [0.15, 0.2) is 12.1 Å². The molecular weight excluding hydrogens is 210 g/mol. The molecule has 0 unspecified atom stereocenters. The van der Waals surface area contributed by atoms with Crippen molar-refractivity contribution in [2.24, 2.45) is 7.05 Å². The number of aldehydes is 1. The molecule has 0 amide bonds. The van der Waals surface area contributed by atoms with E-state index in [0.717, 1.165) is 17.2 Å². The Bertz CT molecular complexity index is 554. The molecule has 0 spiro atoms. The lowest BCUT2D eigenvalue weighted by Gasteiger charge is -2.04. The lowest BCUT2D eigenvalue weighted by atomic mass is 10.1. The van der Waals surface area contributed by atoms with Gasteiger partial charge < -0.3 is 4.57 Å². The van der Waals surface area contributed by atoms with E-state index in [0.29, 0.717) is 10.7 Å². The molecule has 2 aromatic rings. The van der Waals surface area contributed by atoms with Crippen LogP contribution in [-0.4, -0.2) is 10.9 Å². The van der Waals surface area contributed by atoms with Crippen molar-refractivity contribution < 1.29 is 4.79 Å². The number of hydrogen-bond donors (Lipinski definition) is 0. The molecule has 0 saturated carbocycles. The van der Waals surface area contributed by atoms with Crippen LogP contribution in [0.5, 0.6) is 0 Å². The van der Waals surface area contributed by atoms with Gasteiger partial charge in [-0.05, 0) is 25.0 Å². The van der Waals surface area contributed by atoms with E-state index < -0.39 is 0 Å². The molecule has 0 fully saturated rings. The van der Waals surface area contributed by atoms with Gasteiger partial charge in [0.05, 0.1) is 11.1 Å². The summed E-state index contributed by atoms with van der Waals surface area (Å²) in [5.74, 6) is 0. The van der Waals surface area contributed by atoms with Crippen molar-refractivity contribution in [2.45, 2.75) is 13.8 Å². The maximum Gasteiger partial charge on any atom is 0.153 e. The molecule has 2 nitrogen and oxygen atoms in total. The number of halogens is 1. The molecule has 0 aliphatic rings. The SMILES string of the molecule is Cc1ccc2c(C=O)c(Cl)n(C)c2c1C. The highest BCUT2D eigenvalue weighted by Crippen LogP contribution is 2.31. The first-order valence-electron chi connectivity index (χ1n) is 4.77. The van der Waals surface area contributed by atoms with Crippen molar-refractivity contribution in [2.75, 3.05) is 0 Å². The minimum atomic E-state index is 0.508. The quantitative estimate of drug-likeness (QED) is 0.678. The number of benzene rings is 1. The fourth-order valence-electron chi connectivity index (χ4n) is 1.95. The Balaban J connectivity index is 3.03. The predicted molar refractivity (Wildman–Crippen MR) is 62.8 cm³/mol. The van der Waals surface area contributed by atoms with Crippen LogP contribution in [0.4, 0.5) is 0 Å². The Kier molecular flexibility index (Phi) is 2.31. The lowest BCUT2D eigenvalue weighted by molar-refractivity contribution is 0.112. The van der Waals surface area contributed by atoms with E-state index in [9.17, 15) is 4.79 Å². The van der Waals surface area contributed by atoms with Gasteiger partial charge in [0.1, 0.15) is 5.15 Å². The lowest BCUT2D eigenvalue weighted by Crippen LogP contribution is -1.91. The van der Waals surface area contributed by atoms with Crippen molar-refractivity contribution in [1.29, 1.82) is 0 Å². The average molecular weight is 222 g/mol. The number of carbonyl (C=O) groups excluding carboxylic acids is 1. The molecule has 0 aliphatic carbocycles. The van der Waals surface area contributed by atoms with Crippen molar-refractivity contribution in [3.05, 3.63) is 34.0 Å². The van der Waals surface area contributed by atoms with Gasteiger partial charge in [0.25, 0.3) is 0 Å². The standard InChI is InChI=1S/C12H12ClNO/c1-7-4-5-9-10(6-15)12(13)14(3)11(9)8(7)2/h4-6H,1-3H3. The van der Waals surface area contributed by atoms with Gasteiger partial charge in [-0.3, -0.25) is 4.79 Å². The molecule has 1 aromatic heterocycles. The molecule has 0 bridgehead atoms. The molecule has 0 aliphatic heterocycles. The Morgan fingerprint density at radius 1 is 1.33 bits per heavy atom. The van der Waals surface area contributed by atoms with Crippen LogP contribution in [0.1, 0.15) is 21.5 Å². The van der Waals surface area contributed by atoms with Crippen LogP contribution < -0.4 is 0 Å². The summed E-state index contributed by atoms with van der Waals surface area (Å²) >= 11 is 6.09. The van der Waals surface area contributed by atoms with Crippen LogP contribution in [0.2, 0.25) is 5.15 Å². The Morgan fingerprint density at radius 3 is 2.60 bits per heavy atom.